The van der Waals surface area contributed by atoms with Gasteiger partial charge in [-0.3, -0.25) is 4.99 Å². The SMILES string of the molecule is CCC1C(c2cccc3c(C4CCc5cc6cccc(Cl)c6cc5-c5ccccc54)cccc23)=N/C(c2ccccc2)=C(\C)CCC1c1ccc2c(ccc3ccccc32)c1. The molecule has 1 heterocycles. The average molecular weight is 806 g/mol. The van der Waals surface area contributed by atoms with Gasteiger partial charge in [-0.05, 0) is 134 Å². The van der Waals surface area contributed by atoms with Gasteiger partial charge in [-0.1, -0.05) is 182 Å². The number of aliphatic imine (C=N–C) groups is 1. The van der Waals surface area contributed by atoms with Crippen LogP contribution in [0.1, 0.15) is 84.7 Å². The molecule has 0 saturated heterocycles. The van der Waals surface area contributed by atoms with Crippen molar-refractivity contribution in [3.63, 3.8) is 0 Å². The quantitative estimate of drug-likeness (QED) is 0.154. The van der Waals surface area contributed by atoms with E-state index in [0.717, 1.165) is 48.2 Å². The van der Waals surface area contributed by atoms with Crippen LogP contribution in [0.5, 0.6) is 0 Å². The molecule has 11 rings (SSSR count). The van der Waals surface area contributed by atoms with Crippen LogP contribution in [0.4, 0.5) is 0 Å². The fraction of sp³-hybridized carbons (Fsp3) is 0.169. The predicted molar refractivity (Wildman–Crippen MR) is 261 cm³/mol. The summed E-state index contributed by atoms with van der Waals surface area (Å²) in [5.41, 5.74) is 14.3. The predicted octanol–water partition coefficient (Wildman–Crippen LogP) is 16.5. The molecule has 3 unspecified atom stereocenters. The standard InChI is InChI=1S/C59H48ClN/c1-3-44-46(42-29-32-47-41(35-42)28-27-38-14-7-8-18-45(38)47)31-26-37(2)58(39-15-5-4-6-16-39)61-59(44)54-24-13-22-49-50(21-12-23-51(49)54)53-33-30-43-34-40-17-11-25-57(60)56(40)36-55(43)52-20-10-9-19-48(52)53/h4-25,27-29,32,34-36,44,46,53H,3,26,30-31,33H2,1-2H3/b58-37+,61-59?. The molecule has 0 radical (unpaired) electrons. The second kappa shape index (κ2) is 15.6. The van der Waals surface area contributed by atoms with E-state index in [1.165, 1.54) is 93.5 Å². The molecule has 0 aromatic heterocycles. The number of halogens is 1. The molecular formula is C59H48ClN. The monoisotopic (exact) mass is 805 g/mol. The zero-order valence-corrected chi connectivity index (χ0v) is 35.6. The van der Waals surface area contributed by atoms with Gasteiger partial charge in [0.2, 0.25) is 0 Å². The first-order valence-electron chi connectivity index (χ1n) is 22.1. The normalized spacial score (nSPS) is 19.3. The third-order valence-electron chi connectivity index (χ3n) is 14.0. The van der Waals surface area contributed by atoms with Crippen molar-refractivity contribution in [1.29, 1.82) is 0 Å². The molecule has 0 saturated carbocycles. The van der Waals surface area contributed by atoms with Gasteiger partial charge < -0.3 is 0 Å². The maximum absolute atomic E-state index is 6.80. The number of fused-ring (bicyclic) bond motifs is 8. The number of aryl methyl sites for hydroxylation is 1. The Bertz CT molecular complexity index is 3230. The summed E-state index contributed by atoms with van der Waals surface area (Å²) in [5, 5.41) is 10.9. The van der Waals surface area contributed by atoms with Crippen molar-refractivity contribution < 1.29 is 0 Å². The van der Waals surface area contributed by atoms with Crippen LogP contribution < -0.4 is 0 Å². The van der Waals surface area contributed by atoms with E-state index in [2.05, 4.69) is 184 Å². The van der Waals surface area contributed by atoms with Crippen molar-refractivity contribution in [3.05, 3.63) is 220 Å². The van der Waals surface area contributed by atoms with Crippen LogP contribution in [0.25, 0.3) is 59.9 Å². The summed E-state index contributed by atoms with van der Waals surface area (Å²) in [6, 6.07) is 65.5. The molecule has 2 heteroatoms. The minimum absolute atomic E-state index is 0.216. The fourth-order valence-electron chi connectivity index (χ4n) is 11.0. The van der Waals surface area contributed by atoms with Crippen LogP contribution in [0, 0.1) is 5.92 Å². The smallest absolute Gasteiger partial charge is 0.0694 e. The Morgan fingerprint density at radius 2 is 1.21 bits per heavy atom. The summed E-state index contributed by atoms with van der Waals surface area (Å²) in [5.74, 6) is 0.750. The molecule has 9 aromatic rings. The van der Waals surface area contributed by atoms with Crippen LogP contribution >= 0.6 is 11.6 Å². The lowest BCUT2D eigenvalue weighted by atomic mass is 9.74. The molecule has 0 fully saturated rings. The summed E-state index contributed by atoms with van der Waals surface area (Å²) in [6.45, 7) is 4.67. The molecule has 1 aliphatic heterocycles. The number of nitrogens with zero attached hydrogens (tertiary/aromatic N) is 1. The highest BCUT2D eigenvalue weighted by atomic mass is 35.5. The van der Waals surface area contributed by atoms with E-state index in [1.54, 1.807) is 0 Å². The van der Waals surface area contributed by atoms with Gasteiger partial charge in [0, 0.05) is 33.4 Å². The fourth-order valence-corrected chi connectivity index (χ4v) is 11.2. The van der Waals surface area contributed by atoms with E-state index in [1.807, 2.05) is 6.07 Å². The van der Waals surface area contributed by atoms with Crippen molar-refractivity contribution in [2.45, 2.75) is 57.8 Å². The molecule has 9 aromatic carbocycles. The topological polar surface area (TPSA) is 12.4 Å². The van der Waals surface area contributed by atoms with Gasteiger partial charge in [0.15, 0.2) is 0 Å². The Balaban J connectivity index is 1.07. The number of hydrogen-bond acceptors (Lipinski definition) is 1. The number of rotatable bonds is 5. The molecular weight excluding hydrogens is 758 g/mol. The first-order valence-corrected chi connectivity index (χ1v) is 22.5. The van der Waals surface area contributed by atoms with Crippen LogP contribution in [-0.2, 0) is 6.42 Å². The minimum Gasteiger partial charge on any atom is -0.252 e. The molecule has 0 bridgehead atoms. The van der Waals surface area contributed by atoms with Gasteiger partial charge in [0.05, 0.1) is 11.4 Å². The average Bonchev–Trinajstić information content (AvgIpc) is 3.46. The van der Waals surface area contributed by atoms with Gasteiger partial charge in [-0.2, -0.15) is 0 Å². The zero-order valence-electron chi connectivity index (χ0n) is 34.8. The summed E-state index contributed by atoms with van der Waals surface area (Å²) in [6.07, 6.45) is 5.07. The molecule has 0 N–H and O–H groups in total. The second-order valence-electron chi connectivity index (χ2n) is 17.3. The third kappa shape index (κ3) is 6.59. The van der Waals surface area contributed by atoms with Gasteiger partial charge in [-0.15, -0.1) is 0 Å². The lowest BCUT2D eigenvalue weighted by Crippen LogP contribution is -2.25. The summed E-state index contributed by atoms with van der Waals surface area (Å²) >= 11 is 6.80. The Morgan fingerprint density at radius 3 is 2.11 bits per heavy atom. The van der Waals surface area contributed by atoms with Crippen molar-refractivity contribution >= 4 is 66.1 Å². The second-order valence-corrected chi connectivity index (χ2v) is 17.7. The van der Waals surface area contributed by atoms with E-state index in [0.29, 0.717) is 5.92 Å². The molecule has 3 atom stereocenters. The molecule has 1 aliphatic carbocycles. The lowest BCUT2D eigenvalue weighted by Gasteiger charge is -2.32. The van der Waals surface area contributed by atoms with Crippen molar-refractivity contribution in [2.75, 3.05) is 0 Å². The molecule has 1 nitrogen and oxygen atoms in total. The van der Waals surface area contributed by atoms with Gasteiger partial charge in [0.25, 0.3) is 0 Å². The Morgan fingerprint density at radius 1 is 0.525 bits per heavy atom. The van der Waals surface area contributed by atoms with Crippen LogP contribution in [-0.4, -0.2) is 5.71 Å². The van der Waals surface area contributed by atoms with Crippen molar-refractivity contribution in [3.8, 4) is 11.1 Å². The highest BCUT2D eigenvalue weighted by molar-refractivity contribution is 6.35. The lowest BCUT2D eigenvalue weighted by molar-refractivity contribution is 0.486. The van der Waals surface area contributed by atoms with E-state index in [9.17, 15) is 0 Å². The maximum atomic E-state index is 6.80. The Hall–Kier alpha value is -6.28. The number of hydrogen-bond donors (Lipinski definition) is 0. The zero-order chi connectivity index (χ0) is 41.0. The Kier molecular flexibility index (Phi) is 9.66. The summed E-state index contributed by atoms with van der Waals surface area (Å²) in [4.78, 5) is 5.88. The minimum atomic E-state index is 0.216. The van der Waals surface area contributed by atoms with Crippen molar-refractivity contribution in [2.24, 2.45) is 10.9 Å². The van der Waals surface area contributed by atoms with E-state index in [4.69, 9.17) is 16.6 Å². The molecule has 2 aliphatic rings. The Labute approximate surface area is 364 Å². The van der Waals surface area contributed by atoms with E-state index < -0.39 is 0 Å². The van der Waals surface area contributed by atoms with Gasteiger partial charge in [0.1, 0.15) is 0 Å². The number of allylic oxidation sites excluding steroid dienone is 1. The molecule has 0 amide bonds. The first kappa shape index (κ1) is 37.7. The van der Waals surface area contributed by atoms with Crippen LogP contribution in [0.2, 0.25) is 5.02 Å². The largest absolute Gasteiger partial charge is 0.252 e. The van der Waals surface area contributed by atoms with E-state index in [-0.39, 0.29) is 11.8 Å². The maximum Gasteiger partial charge on any atom is 0.0694 e. The highest BCUT2D eigenvalue weighted by Gasteiger charge is 2.32. The van der Waals surface area contributed by atoms with Gasteiger partial charge in [-0.25, -0.2) is 0 Å². The summed E-state index contributed by atoms with van der Waals surface area (Å²) in [7, 11) is 0. The number of benzene rings is 9. The third-order valence-corrected chi connectivity index (χ3v) is 14.3. The molecule has 61 heavy (non-hydrogen) atoms. The van der Waals surface area contributed by atoms with Crippen LogP contribution in [0.3, 0.4) is 0 Å². The highest BCUT2D eigenvalue weighted by Crippen LogP contribution is 2.47. The van der Waals surface area contributed by atoms with Gasteiger partial charge >= 0.3 is 0 Å². The van der Waals surface area contributed by atoms with E-state index >= 15 is 0 Å². The molecule has 0 spiro atoms. The van der Waals surface area contributed by atoms with Crippen LogP contribution in [0.15, 0.2) is 186 Å². The van der Waals surface area contributed by atoms with Crippen molar-refractivity contribution in [1.82, 2.24) is 0 Å². The summed E-state index contributed by atoms with van der Waals surface area (Å²) < 4.78 is 0. The molecule has 296 valence electrons. The first-order chi connectivity index (χ1) is 30.0.